The Morgan fingerprint density at radius 1 is 1.50 bits per heavy atom. The van der Waals surface area contributed by atoms with Gasteiger partial charge in [0.05, 0.1) is 5.92 Å². The van der Waals surface area contributed by atoms with E-state index in [-0.39, 0.29) is 17.9 Å². The fourth-order valence-electron chi connectivity index (χ4n) is 1.70. The zero-order valence-electron chi connectivity index (χ0n) is 8.19. The number of hydrogen-bond donors (Lipinski definition) is 3. The smallest absolute Gasteiger partial charge is 0.325 e. The maximum absolute atomic E-state index is 11.5. The zero-order chi connectivity index (χ0) is 10.7. The number of carbonyl (C=O) groups is 2. The van der Waals surface area contributed by atoms with E-state index < -0.39 is 12.0 Å². The van der Waals surface area contributed by atoms with Gasteiger partial charge < -0.3 is 16.2 Å². The number of amides is 1. The van der Waals surface area contributed by atoms with Crippen LogP contribution in [0.1, 0.15) is 26.2 Å². The van der Waals surface area contributed by atoms with Crippen LogP contribution in [0.5, 0.6) is 0 Å². The van der Waals surface area contributed by atoms with Crippen LogP contribution >= 0.6 is 0 Å². The van der Waals surface area contributed by atoms with Crippen molar-refractivity contribution < 1.29 is 14.7 Å². The van der Waals surface area contributed by atoms with Gasteiger partial charge in [-0.2, -0.15) is 0 Å². The van der Waals surface area contributed by atoms with Gasteiger partial charge in [-0.25, -0.2) is 0 Å². The van der Waals surface area contributed by atoms with Crippen LogP contribution in [0.25, 0.3) is 0 Å². The average molecular weight is 200 g/mol. The van der Waals surface area contributed by atoms with E-state index in [1.54, 1.807) is 0 Å². The standard InChI is InChI=1S/C9H16N2O3/c1-5(9(13)14)11-8(12)6-3-2-4-7(6)10/h5-7H,2-4,10H2,1H3,(H,11,12)(H,13,14)/t5-,6+,7-/m1/s1. The van der Waals surface area contributed by atoms with Gasteiger partial charge in [0.15, 0.2) is 0 Å². The summed E-state index contributed by atoms with van der Waals surface area (Å²) >= 11 is 0. The highest BCUT2D eigenvalue weighted by atomic mass is 16.4. The molecule has 1 amide bonds. The predicted octanol–water partition coefficient (Wildman–Crippen LogP) is -0.297. The fraction of sp³-hybridized carbons (Fsp3) is 0.778. The number of carboxylic acid groups (broad SMARTS) is 1. The molecule has 0 bridgehead atoms. The van der Waals surface area contributed by atoms with E-state index in [2.05, 4.69) is 5.32 Å². The van der Waals surface area contributed by atoms with Crippen molar-refractivity contribution in [2.24, 2.45) is 11.7 Å². The van der Waals surface area contributed by atoms with Crippen LogP contribution in [0, 0.1) is 5.92 Å². The normalized spacial score (nSPS) is 28.4. The molecule has 3 atom stereocenters. The summed E-state index contributed by atoms with van der Waals surface area (Å²) in [5, 5.41) is 11.0. The molecule has 5 heteroatoms. The van der Waals surface area contributed by atoms with Gasteiger partial charge in [-0.15, -0.1) is 0 Å². The second kappa shape index (κ2) is 4.41. The van der Waals surface area contributed by atoms with Crippen molar-refractivity contribution in [3.63, 3.8) is 0 Å². The molecule has 80 valence electrons. The number of hydrogen-bond acceptors (Lipinski definition) is 3. The Hall–Kier alpha value is -1.10. The second-order valence-electron chi connectivity index (χ2n) is 3.77. The molecule has 1 rings (SSSR count). The number of nitrogens with one attached hydrogen (secondary N) is 1. The Balaban J connectivity index is 2.45. The molecule has 1 aliphatic rings. The summed E-state index contributed by atoms with van der Waals surface area (Å²) in [5.74, 6) is -1.47. The summed E-state index contributed by atoms with van der Waals surface area (Å²) in [5.41, 5.74) is 5.72. The van der Waals surface area contributed by atoms with Gasteiger partial charge in [0, 0.05) is 6.04 Å². The van der Waals surface area contributed by atoms with Crippen molar-refractivity contribution in [2.75, 3.05) is 0 Å². The van der Waals surface area contributed by atoms with Crippen molar-refractivity contribution in [2.45, 2.75) is 38.3 Å². The van der Waals surface area contributed by atoms with Gasteiger partial charge in [-0.1, -0.05) is 6.42 Å². The summed E-state index contributed by atoms with van der Waals surface area (Å²) in [4.78, 5) is 22.0. The van der Waals surface area contributed by atoms with Gasteiger partial charge in [0.1, 0.15) is 6.04 Å². The minimum Gasteiger partial charge on any atom is -0.480 e. The lowest BCUT2D eigenvalue weighted by Gasteiger charge is -2.17. The highest BCUT2D eigenvalue weighted by Crippen LogP contribution is 2.23. The predicted molar refractivity (Wildman–Crippen MR) is 50.6 cm³/mol. The zero-order valence-corrected chi connectivity index (χ0v) is 8.19. The highest BCUT2D eigenvalue weighted by Gasteiger charge is 2.31. The third-order valence-electron chi connectivity index (χ3n) is 2.64. The van der Waals surface area contributed by atoms with Crippen molar-refractivity contribution >= 4 is 11.9 Å². The van der Waals surface area contributed by atoms with Crippen molar-refractivity contribution in [3.8, 4) is 0 Å². The number of nitrogens with two attached hydrogens (primary N) is 1. The lowest BCUT2D eigenvalue weighted by molar-refractivity contribution is -0.142. The molecule has 0 aromatic rings. The van der Waals surface area contributed by atoms with Crippen molar-refractivity contribution in [1.82, 2.24) is 5.32 Å². The summed E-state index contributed by atoms with van der Waals surface area (Å²) < 4.78 is 0. The van der Waals surface area contributed by atoms with Gasteiger partial charge in [-0.05, 0) is 19.8 Å². The number of carbonyl (C=O) groups excluding carboxylic acids is 1. The summed E-state index contributed by atoms with van der Waals surface area (Å²) in [7, 11) is 0. The van der Waals surface area contributed by atoms with Crippen molar-refractivity contribution in [1.29, 1.82) is 0 Å². The summed E-state index contributed by atoms with van der Waals surface area (Å²) in [6.07, 6.45) is 2.56. The van der Waals surface area contributed by atoms with Crippen LogP contribution in [0.2, 0.25) is 0 Å². The van der Waals surface area contributed by atoms with Gasteiger partial charge in [0.25, 0.3) is 0 Å². The summed E-state index contributed by atoms with van der Waals surface area (Å²) in [6.45, 7) is 1.45. The number of carboxylic acids is 1. The molecule has 1 aliphatic carbocycles. The molecule has 5 nitrogen and oxygen atoms in total. The Bertz CT molecular complexity index is 242. The molecule has 4 N–H and O–H groups in total. The first-order valence-corrected chi connectivity index (χ1v) is 4.81. The molecular formula is C9H16N2O3. The molecule has 0 unspecified atom stereocenters. The molecule has 0 aromatic heterocycles. The van der Waals surface area contributed by atoms with Crippen LogP contribution in [0.15, 0.2) is 0 Å². The lowest BCUT2D eigenvalue weighted by atomic mass is 10.0. The number of rotatable bonds is 3. The highest BCUT2D eigenvalue weighted by molar-refractivity contribution is 5.85. The van der Waals surface area contributed by atoms with E-state index >= 15 is 0 Å². The Labute approximate surface area is 82.7 Å². The molecule has 0 aromatic carbocycles. The van der Waals surface area contributed by atoms with Gasteiger partial charge >= 0.3 is 5.97 Å². The van der Waals surface area contributed by atoms with E-state index in [1.807, 2.05) is 0 Å². The third-order valence-corrected chi connectivity index (χ3v) is 2.64. The SMILES string of the molecule is C[C@@H](NC(=O)[C@H]1CCC[C@H]1N)C(=O)O. The number of aliphatic carboxylic acids is 1. The first kappa shape index (κ1) is 11.0. The molecule has 0 saturated heterocycles. The molecule has 0 radical (unpaired) electrons. The maximum Gasteiger partial charge on any atom is 0.325 e. The summed E-state index contributed by atoms with van der Waals surface area (Å²) in [6, 6.07) is -0.953. The van der Waals surface area contributed by atoms with Gasteiger partial charge in [0.2, 0.25) is 5.91 Å². The maximum atomic E-state index is 11.5. The van der Waals surface area contributed by atoms with E-state index in [0.29, 0.717) is 0 Å². The minimum absolute atomic E-state index is 0.115. The third kappa shape index (κ3) is 2.45. The fourth-order valence-corrected chi connectivity index (χ4v) is 1.70. The monoisotopic (exact) mass is 200 g/mol. The van der Waals surface area contributed by atoms with E-state index in [4.69, 9.17) is 10.8 Å². The Kier molecular flexibility index (Phi) is 3.46. The van der Waals surface area contributed by atoms with Crippen LogP contribution in [-0.2, 0) is 9.59 Å². The molecule has 0 spiro atoms. The molecule has 0 aliphatic heterocycles. The van der Waals surface area contributed by atoms with E-state index in [1.165, 1.54) is 6.92 Å². The quantitative estimate of drug-likeness (QED) is 0.583. The largest absolute Gasteiger partial charge is 0.480 e. The van der Waals surface area contributed by atoms with Crippen LogP contribution < -0.4 is 11.1 Å². The van der Waals surface area contributed by atoms with Gasteiger partial charge in [-0.3, -0.25) is 9.59 Å². The van der Waals surface area contributed by atoms with E-state index in [9.17, 15) is 9.59 Å². The van der Waals surface area contributed by atoms with Crippen molar-refractivity contribution in [3.05, 3.63) is 0 Å². The minimum atomic E-state index is -1.02. The lowest BCUT2D eigenvalue weighted by Crippen LogP contribution is -2.45. The first-order chi connectivity index (χ1) is 6.52. The average Bonchev–Trinajstić information content (AvgIpc) is 2.51. The van der Waals surface area contributed by atoms with E-state index in [0.717, 1.165) is 19.3 Å². The molecule has 1 fully saturated rings. The van der Waals surface area contributed by atoms with Crippen LogP contribution in [-0.4, -0.2) is 29.1 Å². The second-order valence-corrected chi connectivity index (χ2v) is 3.77. The molecule has 1 saturated carbocycles. The van der Waals surface area contributed by atoms with Crippen LogP contribution in [0.3, 0.4) is 0 Å². The van der Waals surface area contributed by atoms with Crippen LogP contribution in [0.4, 0.5) is 0 Å². The molecule has 14 heavy (non-hydrogen) atoms. The molecular weight excluding hydrogens is 184 g/mol. The Morgan fingerprint density at radius 3 is 2.57 bits per heavy atom. The topological polar surface area (TPSA) is 92.4 Å². The Morgan fingerprint density at radius 2 is 2.14 bits per heavy atom. The molecule has 0 heterocycles. The first-order valence-electron chi connectivity index (χ1n) is 4.81.